The zero-order valence-corrected chi connectivity index (χ0v) is 18.8. The Balaban J connectivity index is 1.86. The van der Waals surface area contributed by atoms with E-state index >= 15 is 0 Å². The maximum absolute atomic E-state index is 12.8. The molecule has 10 heteroatoms. The fourth-order valence-electron chi connectivity index (χ4n) is 3.84. The van der Waals surface area contributed by atoms with Crippen LogP contribution in [-0.4, -0.2) is 48.7 Å². The number of nitrogens with one attached hydrogen (secondary N) is 1. The number of aliphatic hydroxyl groups excluding tert-OH is 1. The predicted molar refractivity (Wildman–Crippen MR) is 120 cm³/mol. The minimum absolute atomic E-state index is 0.115. The minimum atomic E-state index is -0.940. The van der Waals surface area contributed by atoms with Crippen molar-refractivity contribution in [2.24, 2.45) is 0 Å². The van der Waals surface area contributed by atoms with E-state index in [1.807, 2.05) is 0 Å². The van der Waals surface area contributed by atoms with E-state index in [4.69, 9.17) is 11.6 Å². The van der Waals surface area contributed by atoms with E-state index in [2.05, 4.69) is 10.4 Å². The molecule has 1 heterocycles. The number of hydrogen-bond acceptors (Lipinski definition) is 6. The summed E-state index contributed by atoms with van der Waals surface area (Å²) in [6, 6.07) is 4.39. The van der Waals surface area contributed by atoms with Crippen LogP contribution in [0.25, 0.3) is 5.69 Å². The molecular weight excluding hydrogens is 436 g/mol. The van der Waals surface area contributed by atoms with Crippen molar-refractivity contribution in [2.75, 3.05) is 6.54 Å². The molecule has 9 nitrogen and oxygen atoms in total. The molecule has 0 spiro atoms. The normalized spacial score (nSPS) is 16.9. The fourth-order valence-corrected chi connectivity index (χ4v) is 4.05. The van der Waals surface area contributed by atoms with Gasteiger partial charge in [-0.25, -0.2) is 4.79 Å². The quantitative estimate of drug-likeness (QED) is 0.534. The first kappa shape index (κ1) is 24.2. The second kappa shape index (κ2) is 10.4. The smallest absolute Gasteiger partial charge is 0.352 e. The summed E-state index contributed by atoms with van der Waals surface area (Å²) in [6.07, 6.45) is 5.76. The first-order valence-electron chi connectivity index (χ1n) is 10.9. The molecule has 0 saturated heterocycles. The van der Waals surface area contributed by atoms with Crippen LogP contribution in [0.5, 0.6) is 0 Å². The molecule has 0 bridgehead atoms. The maximum atomic E-state index is 12.8. The van der Waals surface area contributed by atoms with Crippen LogP contribution in [0.15, 0.2) is 34.0 Å². The van der Waals surface area contributed by atoms with E-state index in [1.165, 1.54) is 18.2 Å². The van der Waals surface area contributed by atoms with Gasteiger partial charge in [-0.05, 0) is 37.5 Å². The number of nitrogens with zero attached hydrogens (tertiary/aromatic N) is 3. The molecule has 1 fully saturated rings. The van der Waals surface area contributed by atoms with Gasteiger partial charge in [0.25, 0.3) is 11.5 Å². The van der Waals surface area contributed by atoms with Gasteiger partial charge in [0.1, 0.15) is 6.20 Å². The zero-order chi connectivity index (χ0) is 23.3. The molecule has 174 valence electrons. The Morgan fingerprint density at radius 2 is 1.94 bits per heavy atom. The van der Waals surface area contributed by atoms with Crippen LogP contribution in [0, 0.1) is 0 Å². The van der Waals surface area contributed by atoms with Crippen LogP contribution in [0.1, 0.15) is 62.2 Å². The van der Waals surface area contributed by atoms with Gasteiger partial charge in [0.15, 0.2) is 0 Å². The van der Waals surface area contributed by atoms with Crippen LogP contribution in [0.2, 0.25) is 5.02 Å². The first-order chi connectivity index (χ1) is 15.2. The van der Waals surface area contributed by atoms with Crippen molar-refractivity contribution in [1.29, 1.82) is 0 Å². The largest absolute Gasteiger partial charge is 0.391 e. The number of halogens is 1. The highest BCUT2D eigenvalue weighted by Crippen LogP contribution is 2.26. The number of carbonyl (C=O) groups is 1. The Labute approximate surface area is 190 Å². The molecule has 1 saturated carbocycles. The van der Waals surface area contributed by atoms with Crippen molar-refractivity contribution in [3.63, 3.8) is 0 Å². The standard InChI is InChI=1S/C22H29ClN4O5/c1-2-16(28)13-26-19(29)12-25-27(21(26)31)15-7-8-18(23)17(11-15)20(30)24-14-22(32)9-5-3-4-6-10-22/h7-8,11-12,16,28,32H,2-6,9-10,13-14H2,1H3,(H,24,30). The van der Waals surface area contributed by atoms with E-state index in [0.29, 0.717) is 19.3 Å². The third-order valence-electron chi connectivity index (χ3n) is 5.88. The SMILES string of the molecule is CCC(O)Cn1c(=O)cnn(-c2ccc(Cl)c(C(=O)NCC3(O)CCCCCC3)c2)c1=O. The van der Waals surface area contributed by atoms with Crippen LogP contribution >= 0.6 is 11.6 Å². The molecule has 1 aromatic heterocycles. The van der Waals surface area contributed by atoms with Crippen molar-refractivity contribution >= 4 is 17.5 Å². The predicted octanol–water partition coefficient (Wildman–Crippen LogP) is 1.63. The van der Waals surface area contributed by atoms with Crippen LogP contribution in [0.3, 0.4) is 0 Å². The van der Waals surface area contributed by atoms with Gasteiger partial charge in [0, 0.05) is 6.54 Å². The van der Waals surface area contributed by atoms with Crippen molar-refractivity contribution in [3.8, 4) is 5.69 Å². The summed E-state index contributed by atoms with van der Waals surface area (Å²) >= 11 is 6.23. The number of carbonyl (C=O) groups excluding carboxylic acids is 1. The summed E-state index contributed by atoms with van der Waals surface area (Å²) in [5.41, 5.74) is -1.92. The maximum Gasteiger partial charge on any atom is 0.352 e. The molecular formula is C22H29ClN4O5. The number of rotatable bonds is 7. The lowest BCUT2D eigenvalue weighted by molar-refractivity contribution is 0.0246. The van der Waals surface area contributed by atoms with Gasteiger partial charge < -0.3 is 15.5 Å². The first-order valence-corrected chi connectivity index (χ1v) is 11.3. The van der Waals surface area contributed by atoms with E-state index in [-0.39, 0.29) is 29.4 Å². The molecule has 1 amide bonds. The summed E-state index contributed by atoms with van der Waals surface area (Å²) in [7, 11) is 0. The number of aliphatic hydroxyl groups is 2. The van der Waals surface area contributed by atoms with Crippen LogP contribution in [-0.2, 0) is 6.54 Å². The molecule has 0 aliphatic heterocycles. The summed E-state index contributed by atoms with van der Waals surface area (Å²) < 4.78 is 1.88. The second-order valence-corrected chi connectivity index (χ2v) is 8.74. The number of hydrogen-bond donors (Lipinski definition) is 3. The topological polar surface area (TPSA) is 126 Å². The Morgan fingerprint density at radius 3 is 2.59 bits per heavy atom. The third-order valence-corrected chi connectivity index (χ3v) is 6.21. The molecule has 32 heavy (non-hydrogen) atoms. The molecule has 1 aliphatic carbocycles. The highest BCUT2D eigenvalue weighted by molar-refractivity contribution is 6.33. The van der Waals surface area contributed by atoms with E-state index in [1.54, 1.807) is 6.92 Å². The van der Waals surface area contributed by atoms with E-state index in [9.17, 15) is 24.6 Å². The zero-order valence-electron chi connectivity index (χ0n) is 18.1. The highest BCUT2D eigenvalue weighted by Gasteiger charge is 2.29. The molecule has 1 aromatic carbocycles. The number of amides is 1. The van der Waals surface area contributed by atoms with Crippen LogP contribution < -0.4 is 16.6 Å². The number of benzene rings is 1. The van der Waals surface area contributed by atoms with Gasteiger partial charge in [-0.15, -0.1) is 0 Å². The van der Waals surface area contributed by atoms with Gasteiger partial charge in [0.2, 0.25) is 0 Å². The minimum Gasteiger partial charge on any atom is -0.391 e. The fraction of sp³-hybridized carbons (Fsp3) is 0.545. The molecule has 1 atom stereocenters. The molecule has 3 N–H and O–H groups in total. The molecule has 1 unspecified atom stereocenters. The monoisotopic (exact) mass is 464 g/mol. The lowest BCUT2D eigenvalue weighted by atomic mass is 9.94. The van der Waals surface area contributed by atoms with Crippen molar-refractivity contribution in [3.05, 3.63) is 55.8 Å². The molecule has 2 aromatic rings. The van der Waals surface area contributed by atoms with Crippen molar-refractivity contribution < 1.29 is 15.0 Å². The number of aromatic nitrogens is 3. The van der Waals surface area contributed by atoms with Crippen molar-refractivity contribution in [2.45, 2.75) is 70.1 Å². The summed E-state index contributed by atoms with van der Waals surface area (Å²) in [5.74, 6) is -0.475. The summed E-state index contributed by atoms with van der Waals surface area (Å²) in [5, 5.41) is 27.5. The Bertz CT molecular complexity index is 1070. The Morgan fingerprint density at radius 1 is 1.25 bits per heavy atom. The van der Waals surface area contributed by atoms with Gasteiger partial charge >= 0.3 is 5.69 Å². The molecule has 3 rings (SSSR count). The highest BCUT2D eigenvalue weighted by atomic mass is 35.5. The molecule has 0 radical (unpaired) electrons. The van der Waals surface area contributed by atoms with Gasteiger partial charge in [-0.3, -0.25) is 14.2 Å². The third kappa shape index (κ3) is 5.65. The van der Waals surface area contributed by atoms with Crippen LogP contribution in [0.4, 0.5) is 0 Å². The second-order valence-electron chi connectivity index (χ2n) is 8.34. The Kier molecular flexibility index (Phi) is 7.86. The summed E-state index contributed by atoms with van der Waals surface area (Å²) in [4.78, 5) is 37.7. The molecule has 1 aliphatic rings. The summed E-state index contributed by atoms with van der Waals surface area (Å²) in [6.45, 7) is 1.70. The van der Waals surface area contributed by atoms with E-state index in [0.717, 1.165) is 41.1 Å². The van der Waals surface area contributed by atoms with Gasteiger partial charge in [0.05, 0.1) is 34.5 Å². The lowest BCUT2D eigenvalue weighted by Gasteiger charge is -2.26. The average molecular weight is 465 g/mol. The van der Waals surface area contributed by atoms with E-state index < -0.39 is 28.9 Å². The van der Waals surface area contributed by atoms with Gasteiger partial charge in [-0.1, -0.05) is 44.2 Å². The lowest BCUT2D eigenvalue weighted by Crippen LogP contribution is -2.43. The van der Waals surface area contributed by atoms with Crippen molar-refractivity contribution in [1.82, 2.24) is 19.7 Å². The average Bonchev–Trinajstić information content (AvgIpc) is 3.00. The Hall–Kier alpha value is -2.49. The van der Waals surface area contributed by atoms with Gasteiger partial charge in [-0.2, -0.15) is 9.78 Å².